The summed E-state index contributed by atoms with van der Waals surface area (Å²) in [5.41, 5.74) is 12.6. The van der Waals surface area contributed by atoms with Crippen molar-refractivity contribution < 1.29 is 0 Å². The minimum absolute atomic E-state index is 0.427. The molecule has 182 valence electrons. The molecule has 0 N–H and O–H groups in total. The Morgan fingerprint density at radius 2 is 1.23 bits per heavy atom. The molecule has 1 heterocycles. The lowest BCUT2D eigenvalue weighted by Gasteiger charge is -2.31. The van der Waals surface area contributed by atoms with Crippen LogP contribution in [0.4, 0.5) is 0 Å². The van der Waals surface area contributed by atoms with Gasteiger partial charge in [0.15, 0.2) is 0 Å². The first-order chi connectivity index (χ1) is 19.2. The van der Waals surface area contributed by atoms with Crippen LogP contribution >= 0.6 is 22.9 Å². The molecule has 1 aromatic heterocycles. The van der Waals surface area contributed by atoms with Crippen LogP contribution in [0.15, 0.2) is 127 Å². The van der Waals surface area contributed by atoms with Crippen molar-refractivity contribution in [3.63, 3.8) is 0 Å². The molecule has 0 amide bonds. The van der Waals surface area contributed by atoms with Crippen LogP contribution < -0.4 is 0 Å². The van der Waals surface area contributed by atoms with E-state index in [1.165, 1.54) is 75.8 Å². The molecule has 1 atom stereocenters. The van der Waals surface area contributed by atoms with Gasteiger partial charge in [-0.2, -0.15) is 0 Å². The molecule has 9 rings (SSSR count). The van der Waals surface area contributed by atoms with Gasteiger partial charge in [0.1, 0.15) is 0 Å². The van der Waals surface area contributed by atoms with Crippen LogP contribution in [0.1, 0.15) is 22.3 Å². The first-order valence-electron chi connectivity index (χ1n) is 13.3. The standard InChI is InChI=1S/C37H21ClS/c38-24-15-17-27-32(21-24)37(30-18-19-34-36(35(27)30)28-11-5-7-13-33(28)39-34)29-12-6-4-10-25(29)26-16-14-23(20-31(26)37)22-8-2-1-3-9-22/h1-21H. The minimum atomic E-state index is -0.427. The third-order valence-corrected chi connectivity index (χ3v) is 10.1. The SMILES string of the molecule is Clc1ccc2c(c1)C1(c3ccccc3-c3ccc(-c4ccccc4)cc31)c1ccc3sc4ccccc4c3c1-2. The highest BCUT2D eigenvalue weighted by atomic mass is 35.5. The zero-order valence-corrected chi connectivity index (χ0v) is 22.5. The fraction of sp³-hybridized carbons (Fsp3) is 0.0270. The zero-order valence-electron chi connectivity index (χ0n) is 20.9. The van der Waals surface area contributed by atoms with E-state index in [2.05, 4.69) is 127 Å². The average Bonchev–Trinajstić information content (AvgIpc) is 3.60. The lowest BCUT2D eigenvalue weighted by Crippen LogP contribution is -2.26. The van der Waals surface area contributed by atoms with E-state index in [1.807, 2.05) is 11.3 Å². The molecule has 0 nitrogen and oxygen atoms in total. The number of fused-ring (bicyclic) bond motifs is 14. The predicted molar refractivity (Wildman–Crippen MR) is 166 cm³/mol. The maximum atomic E-state index is 6.80. The second-order valence-corrected chi connectivity index (χ2v) is 12.1. The third-order valence-electron chi connectivity index (χ3n) is 8.75. The third kappa shape index (κ3) is 2.69. The van der Waals surface area contributed by atoms with Crippen LogP contribution in [0, 0.1) is 0 Å². The smallest absolute Gasteiger partial charge is 0.0726 e. The zero-order chi connectivity index (χ0) is 25.7. The highest BCUT2D eigenvalue weighted by Gasteiger charge is 2.52. The lowest BCUT2D eigenvalue weighted by molar-refractivity contribution is 0.795. The molecule has 0 fully saturated rings. The first-order valence-corrected chi connectivity index (χ1v) is 14.5. The summed E-state index contributed by atoms with van der Waals surface area (Å²) in [6.45, 7) is 0. The molecule has 0 saturated carbocycles. The number of hydrogen-bond donors (Lipinski definition) is 0. The predicted octanol–water partition coefficient (Wildman–Crippen LogP) is 10.7. The molecule has 2 aliphatic carbocycles. The Bertz CT molecular complexity index is 2140. The van der Waals surface area contributed by atoms with Gasteiger partial charge >= 0.3 is 0 Å². The van der Waals surface area contributed by atoms with E-state index in [1.54, 1.807) is 0 Å². The van der Waals surface area contributed by atoms with Crippen molar-refractivity contribution >= 4 is 43.1 Å². The van der Waals surface area contributed by atoms with Gasteiger partial charge in [-0.15, -0.1) is 11.3 Å². The summed E-state index contributed by atoms with van der Waals surface area (Å²) in [5.74, 6) is 0. The number of thiophene rings is 1. The van der Waals surface area contributed by atoms with E-state index >= 15 is 0 Å². The Morgan fingerprint density at radius 1 is 0.487 bits per heavy atom. The molecule has 0 aliphatic heterocycles. The lowest BCUT2D eigenvalue weighted by atomic mass is 9.70. The van der Waals surface area contributed by atoms with Gasteiger partial charge in [0.05, 0.1) is 5.41 Å². The minimum Gasteiger partial charge on any atom is -0.135 e. The Balaban J connectivity index is 1.49. The quantitative estimate of drug-likeness (QED) is 0.197. The molecular weight excluding hydrogens is 512 g/mol. The molecule has 39 heavy (non-hydrogen) atoms. The van der Waals surface area contributed by atoms with Crippen LogP contribution in [0.2, 0.25) is 5.02 Å². The van der Waals surface area contributed by atoms with Gasteiger partial charge in [0, 0.05) is 25.2 Å². The summed E-state index contributed by atoms with van der Waals surface area (Å²) < 4.78 is 2.66. The average molecular weight is 533 g/mol. The van der Waals surface area contributed by atoms with Crippen LogP contribution in [-0.2, 0) is 5.41 Å². The second-order valence-electron chi connectivity index (χ2n) is 10.6. The Hall–Kier alpha value is -4.17. The highest BCUT2D eigenvalue weighted by Crippen LogP contribution is 2.65. The number of benzene rings is 6. The summed E-state index contributed by atoms with van der Waals surface area (Å²) in [5, 5.41) is 3.47. The summed E-state index contributed by atoms with van der Waals surface area (Å²) in [6.07, 6.45) is 0. The molecule has 7 aromatic rings. The summed E-state index contributed by atoms with van der Waals surface area (Å²) in [6, 6.07) is 46.8. The van der Waals surface area contributed by atoms with E-state index < -0.39 is 5.41 Å². The van der Waals surface area contributed by atoms with Gasteiger partial charge < -0.3 is 0 Å². The molecular formula is C37H21ClS. The topological polar surface area (TPSA) is 0 Å². The fourth-order valence-electron chi connectivity index (χ4n) is 7.27. The van der Waals surface area contributed by atoms with Crippen LogP contribution in [0.5, 0.6) is 0 Å². The monoisotopic (exact) mass is 532 g/mol. The second kappa shape index (κ2) is 7.70. The van der Waals surface area contributed by atoms with Crippen molar-refractivity contribution in [2.45, 2.75) is 5.41 Å². The molecule has 1 spiro atoms. The summed E-state index contributed by atoms with van der Waals surface area (Å²) in [4.78, 5) is 0. The van der Waals surface area contributed by atoms with E-state index in [0.717, 1.165) is 5.02 Å². The number of halogens is 1. The first kappa shape index (κ1) is 21.7. The Labute approximate surface area is 235 Å². The largest absolute Gasteiger partial charge is 0.135 e. The van der Waals surface area contributed by atoms with Crippen molar-refractivity contribution in [2.75, 3.05) is 0 Å². The van der Waals surface area contributed by atoms with Crippen molar-refractivity contribution in [1.82, 2.24) is 0 Å². The van der Waals surface area contributed by atoms with Crippen molar-refractivity contribution in [3.05, 3.63) is 155 Å². The van der Waals surface area contributed by atoms with Gasteiger partial charge in [-0.3, -0.25) is 0 Å². The van der Waals surface area contributed by atoms with Crippen molar-refractivity contribution in [1.29, 1.82) is 0 Å². The molecule has 0 radical (unpaired) electrons. The van der Waals surface area contributed by atoms with Crippen LogP contribution in [0.25, 0.3) is 53.6 Å². The van der Waals surface area contributed by atoms with E-state index in [9.17, 15) is 0 Å². The van der Waals surface area contributed by atoms with Crippen molar-refractivity contribution in [3.8, 4) is 33.4 Å². The number of rotatable bonds is 1. The van der Waals surface area contributed by atoms with E-state index in [4.69, 9.17) is 11.6 Å². The maximum absolute atomic E-state index is 6.80. The van der Waals surface area contributed by atoms with Gasteiger partial charge in [-0.1, -0.05) is 109 Å². The van der Waals surface area contributed by atoms with E-state index in [-0.39, 0.29) is 0 Å². The molecule has 0 bridgehead atoms. The normalized spacial score (nSPS) is 16.4. The van der Waals surface area contributed by atoms with Gasteiger partial charge in [-0.25, -0.2) is 0 Å². The van der Waals surface area contributed by atoms with E-state index in [0.29, 0.717) is 0 Å². The van der Waals surface area contributed by atoms with Crippen LogP contribution in [-0.4, -0.2) is 0 Å². The maximum Gasteiger partial charge on any atom is 0.0726 e. The van der Waals surface area contributed by atoms with Gasteiger partial charge in [0.25, 0.3) is 0 Å². The number of hydrogen-bond acceptors (Lipinski definition) is 1. The molecule has 6 aromatic carbocycles. The summed E-state index contributed by atoms with van der Waals surface area (Å²) in [7, 11) is 0. The summed E-state index contributed by atoms with van der Waals surface area (Å²) >= 11 is 8.68. The Kier molecular flexibility index (Phi) is 4.29. The van der Waals surface area contributed by atoms with Crippen molar-refractivity contribution in [2.24, 2.45) is 0 Å². The molecule has 2 heteroatoms. The molecule has 1 unspecified atom stereocenters. The fourth-order valence-corrected chi connectivity index (χ4v) is 8.55. The van der Waals surface area contributed by atoms with Gasteiger partial charge in [0.2, 0.25) is 0 Å². The molecule has 0 saturated heterocycles. The Morgan fingerprint density at radius 3 is 2.15 bits per heavy atom. The van der Waals surface area contributed by atoms with Gasteiger partial charge in [-0.05, 0) is 86.0 Å². The highest BCUT2D eigenvalue weighted by molar-refractivity contribution is 7.26. The molecule has 2 aliphatic rings. The van der Waals surface area contributed by atoms with Crippen LogP contribution in [0.3, 0.4) is 0 Å².